The van der Waals surface area contributed by atoms with Gasteiger partial charge >= 0.3 is 0 Å². The molecule has 2 atom stereocenters. The molecular weight excluding hydrogens is 356 g/mol. The summed E-state index contributed by atoms with van der Waals surface area (Å²) < 4.78 is 27.9. The fourth-order valence-corrected chi connectivity index (χ4v) is 4.66. The predicted molar refractivity (Wildman–Crippen MR) is 112 cm³/mol. The van der Waals surface area contributed by atoms with Crippen LogP contribution < -0.4 is 4.72 Å². The van der Waals surface area contributed by atoms with Crippen molar-refractivity contribution in [3.05, 3.63) is 60.2 Å². The maximum atomic E-state index is 12.5. The van der Waals surface area contributed by atoms with Gasteiger partial charge in [0.05, 0.1) is 5.25 Å². The summed E-state index contributed by atoms with van der Waals surface area (Å²) in [5.74, 6) is 0.200. The molecular formula is C22H30N2O2S. The van der Waals surface area contributed by atoms with Crippen molar-refractivity contribution < 1.29 is 8.42 Å². The fourth-order valence-electron chi connectivity index (χ4n) is 3.73. The maximum absolute atomic E-state index is 12.5. The molecule has 2 aromatic rings. The van der Waals surface area contributed by atoms with E-state index in [2.05, 4.69) is 52.9 Å². The van der Waals surface area contributed by atoms with Crippen LogP contribution in [0.1, 0.15) is 38.7 Å². The smallest absolute Gasteiger partial charge is 0.214 e. The molecule has 27 heavy (non-hydrogen) atoms. The van der Waals surface area contributed by atoms with Gasteiger partial charge in [0.2, 0.25) is 10.0 Å². The Morgan fingerprint density at radius 3 is 2.26 bits per heavy atom. The van der Waals surface area contributed by atoms with Crippen molar-refractivity contribution >= 4 is 10.0 Å². The third-order valence-electron chi connectivity index (χ3n) is 5.53. The van der Waals surface area contributed by atoms with Gasteiger partial charge in [-0.3, -0.25) is 0 Å². The van der Waals surface area contributed by atoms with Crippen LogP contribution in [0.5, 0.6) is 0 Å². The molecule has 0 bridgehead atoms. The molecule has 1 N–H and O–H groups in total. The Hall–Kier alpha value is -1.69. The highest BCUT2D eigenvalue weighted by Gasteiger charge is 2.33. The van der Waals surface area contributed by atoms with Gasteiger partial charge < -0.3 is 4.90 Å². The number of sulfonamides is 1. The number of piperidine rings is 1. The van der Waals surface area contributed by atoms with Crippen LogP contribution in [0.25, 0.3) is 11.1 Å². The lowest BCUT2D eigenvalue weighted by atomic mass is 9.85. The minimum atomic E-state index is -3.30. The third kappa shape index (κ3) is 4.78. The van der Waals surface area contributed by atoms with E-state index in [1.165, 1.54) is 16.7 Å². The van der Waals surface area contributed by atoms with Gasteiger partial charge in [0.1, 0.15) is 0 Å². The largest absolute Gasteiger partial charge is 0.302 e. The molecule has 1 heterocycles. The Morgan fingerprint density at radius 1 is 1.04 bits per heavy atom. The first kappa shape index (κ1) is 20.1. The molecule has 0 radical (unpaired) electrons. The number of rotatable bonds is 6. The van der Waals surface area contributed by atoms with Gasteiger partial charge in [-0.1, -0.05) is 61.5 Å². The van der Waals surface area contributed by atoms with Crippen molar-refractivity contribution in [2.75, 3.05) is 19.6 Å². The zero-order chi connectivity index (χ0) is 19.4. The van der Waals surface area contributed by atoms with Crippen LogP contribution in [0.15, 0.2) is 54.6 Å². The van der Waals surface area contributed by atoms with Crippen molar-refractivity contribution in [3.63, 3.8) is 0 Å². The van der Waals surface area contributed by atoms with Gasteiger partial charge in [-0.05, 0) is 50.0 Å². The number of hydrogen-bond donors (Lipinski definition) is 1. The Morgan fingerprint density at radius 2 is 1.67 bits per heavy atom. The molecule has 0 unspecified atom stereocenters. The van der Waals surface area contributed by atoms with Gasteiger partial charge in [0.15, 0.2) is 0 Å². The Balaban J connectivity index is 1.83. The molecule has 146 valence electrons. The SMILES string of the molecule is CCN1CC[C@H](c2ccc(-c3ccccc3)cc2)[C@@H](NS(=O)(=O)C(C)C)C1. The number of nitrogens with zero attached hydrogens (tertiary/aromatic N) is 1. The van der Waals surface area contributed by atoms with Crippen LogP contribution in [-0.2, 0) is 10.0 Å². The van der Waals surface area contributed by atoms with E-state index in [0.29, 0.717) is 0 Å². The lowest BCUT2D eigenvalue weighted by molar-refractivity contribution is 0.191. The van der Waals surface area contributed by atoms with E-state index in [0.717, 1.165) is 26.1 Å². The Labute approximate surface area is 163 Å². The zero-order valence-corrected chi connectivity index (χ0v) is 17.2. The summed E-state index contributed by atoms with van der Waals surface area (Å²) in [5, 5.41) is -0.421. The van der Waals surface area contributed by atoms with E-state index in [1.54, 1.807) is 13.8 Å². The minimum absolute atomic E-state index is 0.0892. The summed E-state index contributed by atoms with van der Waals surface area (Å²) >= 11 is 0. The lowest BCUT2D eigenvalue weighted by Crippen LogP contribution is -2.52. The second-order valence-corrected chi connectivity index (χ2v) is 9.86. The standard InChI is InChI=1S/C22H30N2O2S/c1-4-24-15-14-21(22(16-24)23-27(25,26)17(2)3)20-12-10-19(11-13-20)18-8-6-5-7-9-18/h5-13,17,21-23H,4,14-16H2,1-3H3/t21-,22+/m1/s1. The van der Waals surface area contributed by atoms with Crippen LogP contribution in [0.2, 0.25) is 0 Å². The second kappa shape index (κ2) is 8.55. The quantitative estimate of drug-likeness (QED) is 0.820. The molecule has 1 saturated heterocycles. The normalized spacial score (nSPS) is 21.5. The van der Waals surface area contributed by atoms with Gasteiger partial charge in [-0.2, -0.15) is 0 Å². The van der Waals surface area contributed by atoms with Crippen molar-refractivity contribution in [2.24, 2.45) is 0 Å². The third-order valence-corrected chi connectivity index (χ3v) is 7.40. The van der Waals surface area contributed by atoms with Gasteiger partial charge in [0, 0.05) is 18.5 Å². The van der Waals surface area contributed by atoms with E-state index in [9.17, 15) is 8.42 Å². The molecule has 0 saturated carbocycles. The molecule has 5 heteroatoms. The summed E-state index contributed by atoms with van der Waals surface area (Å²) in [5.41, 5.74) is 3.59. The lowest BCUT2D eigenvalue weighted by Gasteiger charge is -2.39. The molecule has 1 aliphatic rings. The fraction of sp³-hybridized carbons (Fsp3) is 0.455. The molecule has 4 nitrogen and oxygen atoms in total. The number of benzene rings is 2. The summed E-state index contributed by atoms with van der Waals surface area (Å²) in [4.78, 5) is 2.32. The van der Waals surface area contributed by atoms with Crippen molar-refractivity contribution in [1.82, 2.24) is 9.62 Å². The van der Waals surface area contributed by atoms with Crippen LogP contribution in [0.3, 0.4) is 0 Å². The first-order valence-electron chi connectivity index (χ1n) is 9.79. The molecule has 1 fully saturated rings. The molecule has 0 aliphatic carbocycles. The molecule has 0 aromatic heterocycles. The van der Waals surface area contributed by atoms with Crippen molar-refractivity contribution in [2.45, 2.75) is 44.4 Å². The van der Waals surface area contributed by atoms with E-state index < -0.39 is 15.3 Å². The van der Waals surface area contributed by atoms with Gasteiger partial charge in [-0.25, -0.2) is 13.1 Å². The minimum Gasteiger partial charge on any atom is -0.302 e. The van der Waals surface area contributed by atoms with E-state index >= 15 is 0 Å². The van der Waals surface area contributed by atoms with Crippen LogP contribution in [0, 0.1) is 0 Å². The van der Waals surface area contributed by atoms with Crippen molar-refractivity contribution in [3.8, 4) is 11.1 Å². The highest BCUT2D eigenvalue weighted by atomic mass is 32.2. The van der Waals surface area contributed by atoms with Gasteiger partial charge in [0.25, 0.3) is 0 Å². The molecule has 0 spiro atoms. The number of likely N-dealkylation sites (tertiary alicyclic amines) is 1. The highest BCUT2D eigenvalue weighted by Crippen LogP contribution is 2.31. The van der Waals surface area contributed by atoms with E-state index in [4.69, 9.17) is 0 Å². The summed E-state index contributed by atoms with van der Waals surface area (Å²) in [7, 11) is -3.30. The highest BCUT2D eigenvalue weighted by molar-refractivity contribution is 7.90. The summed E-state index contributed by atoms with van der Waals surface area (Å²) in [6.07, 6.45) is 0.962. The molecule has 3 rings (SSSR count). The topological polar surface area (TPSA) is 49.4 Å². The molecule has 2 aromatic carbocycles. The number of hydrogen-bond acceptors (Lipinski definition) is 3. The monoisotopic (exact) mass is 386 g/mol. The summed E-state index contributed by atoms with van der Waals surface area (Å²) in [6, 6.07) is 18.8. The van der Waals surface area contributed by atoms with Crippen LogP contribution >= 0.6 is 0 Å². The Kier molecular flexibility index (Phi) is 6.35. The average Bonchev–Trinajstić information content (AvgIpc) is 2.68. The molecule has 0 amide bonds. The van der Waals surface area contributed by atoms with E-state index in [-0.39, 0.29) is 12.0 Å². The molecule has 1 aliphatic heterocycles. The second-order valence-electron chi connectivity index (χ2n) is 7.59. The first-order valence-corrected chi connectivity index (χ1v) is 11.3. The first-order chi connectivity index (χ1) is 12.9. The number of likely N-dealkylation sites (N-methyl/N-ethyl adjacent to an activating group) is 1. The van der Waals surface area contributed by atoms with Crippen LogP contribution in [0.4, 0.5) is 0 Å². The van der Waals surface area contributed by atoms with E-state index in [1.807, 2.05) is 18.2 Å². The Bertz CT molecular complexity index is 832. The van der Waals surface area contributed by atoms with Crippen molar-refractivity contribution in [1.29, 1.82) is 0 Å². The van der Waals surface area contributed by atoms with Gasteiger partial charge in [-0.15, -0.1) is 0 Å². The average molecular weight is 387 g/mol. The predicted octanol–water partition coefficient (Wildman–Crippen LogP) is 3.86. The zero-order valence-electron chi connectivity index (χ0n) is 16.4. The number of nitrogens with one attached hydrogen (secondary N) is 1. The maximum Gasteiger partial charge on any atom is 0.214 e. The summed E-state index contributed by atoms with van der Waals surface area (Å²) in [6.45, 7) is 8.29. The van der Waals surface area contributed by atoms with Crippen LogP contribution in [-0.4, -0.2) is 44.2 Å².